The molecule has 0 spiro atoms. The highest BCUT2D eigenvalue weighted by atomic mass is 16.5. The molecular weight excluding hydrogens is 312 g/mol. The zero-order valence-corrected chi connectivity index (χ0v) is 15.3. The molecule has 3 aliphatic rings. The molecule has 136 valence electrons. The summed E-state index contributed by atoms with van der Waals surface area (Å²) in [5.74, 6) is 0.321. The maximum atomic E-state index is 12.2. The number of ether oxygens (including phenoxy) is 1. The minimum Gasteiger partial charge on any atom is -0.381 e. The second-order valence-corrected chi connectivity index (χ2v) is 7.97. The van der Waals surface area contributed by atoms with Gasteiger partial charge in [0.25, 0.3) is 0 Å². The van der Waals surface area contributed by atoms with Gasteiger partial charge in [-0.25, -0.2) is 0 Å². The monoisotopic (exact) mass is 342 g/mol. The average molecular weight is 342 g/mol. The second kappa shape index (κ2) is 7.46. The summed E-state index contributed by atoms with van der Waals surface area (Å²) in [5, 5.41) is 3.11. The summed E-state index contributed by atoms with van der Waals surface area (Å²) in [6.07, 6.45) is 8.50. The molecule has 0 bridgehead atoms. The molecule has 0 saturated heterocycles. The first-order valence-electron chi connectivity index (χ1n) is 9.88. The number of methoxy groups -OCH3 is 1. The molecule has 0 atom stereocenters. The third-order valence-electron chi connectivity index (χ3n) is 6.46. The first-order valence-corrected chi connectivity index (χ1v) is 9.88. The van der Waals surface area contributed by atoms with Gasteiger partial charge >= 0.3 is 0 Å². The van der Waals surface area contributed by atoms with Gasteiger partial charge in [-0.2, -0.15) is 0 Å². The Kier molecular flexibility index (Phi) is 5.09. The number of benzene rings is 1. The van der Waals surface area contributed by atoms with E-state index in [2.05, 4.69) is 28.4 Å². The van der Waals surface area contributed by atoms with E-state index in [1.165, 1.54) is 55.5 Å². The molecule has 4 rings (SSSR count). The van der Waals surface area contributed by atoms with Crippen LogP contribution in [0, 0.1) is 5.92 Å². The molecule has 1 aromatic carbocycles. The Morgan fingerprint density at radius 2 is 1.96 bits per heavy atom. The lowest BCUT2D eigenvalue weighted by atomic mass is 9.81. The summed E-state index contributed by atoms with van der Waals surface area (Å²) < 4.78 is 5.26. The SMILES string of the molecule is COC1CC(C(=O)NCc2ccc3c(c2)CCN(C2CCC2)CC3)C1. The molecule has 0 aromatic heterocycles. The number of amides is 1. The van der Waals surface area contributed by atoms with Crippen LogP contribution in [0.3, 0.4) is 0 Å². The molecule has 2 fully saturated rings. The quantitative estimate of drug-likeness (QED) is 0.894. The highest BCUT2D eigenvalue weighted by Crippen LogP contribution is 2.30. The summed E-state index contributed by atoms with van der Waals surface area (Å²) in [5.41, 5.74) is 4.21. The molecule has 1 amide bonds. The van der Waals surface area contributed by atoms with Gasteiger partial charge in [0, 0.05) is 38.7 Å². The van der Waals surface area contributed by atoms with Crippen molar-refractivity contribution in [2.75, 3.05) is 20.2 Å². The third kappa shape index (κ3) is 3.75. The molecule has 2 aliphatic carbocycles. The van der Waals surface area contributed by atoms with Gasteiger partial charge in [0.1, 0.15) is 0 Å². The van der Waals surface area contributed by atoms with Crippen LogP contribution in [0.4, 0.5) is 0 Å². The molecular formula is C21H30N2O2. The molecule has 1 heterocycles. The zero-order valence-electron chi connectivity index (χ0n) is 15.3. The molecule has 1 N–H and O–H groups in total. The van der Waals surface area contributed by atoms with Crippen molar-refractivity contribution < 1.29 is 9.53 Å². The van der Waals surface area contributed by atoms with Gasteiger partial charge in [0.15, 0.2) is 0 Å². The lowest BCUT2D eigenvalue weighted by Gasteiger charge is -2.36. The maximum Gasteiger partial charge on any atom is 0.223 e. The van der Waals surface area contributed by atoms with Crippen molar-refractivity contribution in [2.45, 2.75) is 63.6 Å². The fourth-order valence-electron chi connectivity index (χ4n) is 4.33. The summed E-state index contributed by atoms with van der Waals surface area (Å²) in [4.78, 5) is 14.9. The van der Waals surface area contributed by atoms with Crippen LogP contribution in [0.25, 0.3) is 0 Å². The first-order chi connectivity index (χ1) is 12.2. The summed E-state index contributed by atoms with van der Waals surface area (Å²) in [7, 11) is 1.72. The van der Waals surface area contributed by atoms with Crippen LogP contribution in [-0.4, -0.2) is 43.2 Å². The smallest absolute Gasteiger partial charge is 0.223 e. The molecule has 0 unspecified atom stereocenters. The summed E-state index contributed by atoms with van der Waals surface area (Å²) >= 11 is 0. The molecule has 4 nitrogen and oxygen atoms in total. The zero-order chi connectivity index (χ0) is 17.2. The van der Waals surface area contributed by atoms with Crippen LogP contribution in [0.1, 0.15) is 48.8 Å². The molecule has 1 aliphatic heterocycles. The topological polar surface area (TPSA) is 41.6 Å². The standard InChI is InChI=1S/C21H30N2O2/c1-25-20-12-18(13-20)21(24)22-14-15-5-6-16-7-9-23(19-3-2-4-19)10-8-17(16)11-15/h5-6,11,18-20H,2-4,7-10,12-14H2,1H3,(H,22,24). The van der Waals surface area contributed by atoms with Crippen molar-refractivity contribution in [1.29, 1.82) is 0 Å². The Labute approximate surface area is 150 Å². The maximum absolute atomic E-state index is 12.2. The van der Waals surface area contributed by atoms with Gasteiger partial charge < -0.3 is 10.1 Å². The van der Waals surface area contributed by atoms with Crippen LogP contribution >= 0.6 is 0 Å². The van der Waals surface area contributed by atoms with Crippen LogP contribution < -0.4 is 5.32 Å². The largest absolute Gasteiger partial charge is 0.381 e. The van der Waals surface area contributed by atoms with Crippen LogP contribution in [0.2, 0.25) is 0 Å². The van der Waals surface area contributed by atoms with Crippen molar-refractivity contribution in [2.24, 2.45) is 5.92 Å². The Morgan fingerprint density at radius 3 is 2.64 bits per heavy atom. The van der Waals surface area contributed by atoms with E-state index in [9.17, 15) is 4.79 Å². The number of fused-ring (bicyclic) bond motifs is 1. The van der Waals surface area contributed by atoms with E-state index in [0.717, 1.165) is 25.3 Å². The van der Waals surface area contributed by atoms with Crippen molar-refractivity contribution in [3.63, 3.8) is 0 Å². The van der Waals surface area contributed by atoms with Gasteiger partial charge in [-0.1, -0.05) is 24.6 Å². The fraction of sp³-hybridized carbons (Fsp3) is 0.667. The van der Waals surface area contributed by atoms with Crippen LogP contribution in [0.5, 0.6) is 0 Å². The highest BCUT2D eigenvalue weighted by molar-refractivity contribution is 5.79. The summed E-state index contributed by atoms with van der Waals surface area (Å²) in [6.45, 7) is 3.04. The highest BCUT2D eigenvalue weighted by Gasteiger charge is 2.34. The van der Waals surface area contributed by atoms with E-state index >= 15 is 0 Å². The van der Waals surface area contributed by atoms with E-state index in [0.29, 0.717) is 6.54 Å². The molecule has 1 aromatic rings. The normalized spacial score (nSPS) is 26.9. The van der Waals surface area contributed by atoms with E-state index < -0.39 is 0 Å². The van der Waals surface area contributed by atoms with E-state index in [1.54, 1.807) is 7.11 Å². The van der Waals surface area contributed by atoms with Crippen molar-refractivity contribution in [3.05, 3.63) is 34.9 Å². The third-order valence-corrected chi connectivity index (χ3v) is 6.46. The second-order valence-electron chi connectivity index (χ2n) is 7.97. The number of hydrogen-bond acceptors (Lipinski definition) is 3. The molecule has 2 saturated carbocycles. The van der Waals surface area contributed by atoms with Crippen LogP contribution in [-0.2, 0) is 28.9 Å². The number of carbonyl (C=O) groups is 1. The van der Waals surface area contributed by atoms with Gasteiger partial charge in [-0.3, -0.25) is 9.69 Å². The van der Waals surface area contributed by atoms with Gasteiger partial charge in [0.2, 0.25) is 5.91 Å². The Balaban J connectivity index is 1.31. The van der Waals surface area contributed by atoms with Crippen molar-refractivity contribution >= 4 is 5.91 Å². The number of nitrogens with zero attached hydrogens (tertiary/aromatic N) is 1. The summed E-state index contributed by atoms with van der Waals surface area (Å²) in [6, 6.07) is 7.63. The Bertz CT molecular complexity index is 620. The predicted octanol–water partition coefficient (Wildman–Crippen LogP) is 2.68. The number of hydrogen-bond donors (Lipinski definition) is 1. The predicted molar refractivity (Wildman–Crippen MR) is 98.4 cm³/mol. The fourth-order valence-corrected chi connectivity index (χ4v) is 4.33. The average Bonchev–Trinajstić information content (AvgIpc) is 2.73. The van der Waals surface area contributed by atoms with E-state index in [-0.39, 0.29) is 17.9 Å². The Hall–Kier alpha value is -1.39. The minimum absolute atomic E-state index is 0.141. The molecule has 4 heteroatoms. The lowest BCUT2D eigenvalue weighted by Crippen LogP contribution is -2.41. The van der Waals surface area contributed by atoms with Gasteiger partial charge in [-0.15, -0.1) is 0 Å². The molecule has 0 radical (unpaired) electrons. The Morgan fingerprint density at radius 1 is 1.20 bits per heavy atom. The van der Waals surface area contributed by atoms with E-state index in [4.69, 9.17) is 4.74 Å². The lowest BCUT2D eigenvalue weighted by molar-refractivity contribution is -0.132. The van der Waals surface area contributed by atoms with Crippen molar-refractivity contribution in [3.8, 4) is 0 Å². The van der Waals surface area contributed by atoms with Crippen LogP contribution in [0.15, 0.2) is 18.2 Å². The van der Waals surface area contributed by atoms with E-state index in [1.807, 2.05) is 0 Å². The van der Waals surface area contributed by atoms with Gasteiger partial charge in [-0.05, 0) is 55.2 Å². The number of carbonyl (C=O) groups excluding carboxylic acids is 1. The minimum atomic E-state index is 0.141. The van der Waals surface area contributed by atoms with Gasteiger partial charge in [0.05, 0.1) is 6.10 Å². The number of rotatable bonds is 5. The van der Waals surface area contributed by atoms with Crippen molar-refractivity contribution in [1.82, 2.24) is 10.2 Å². The number of nitrogens with one attached hydrogen (secondary N) is 1. The molecule has 25 heavy (non-hydrogen) atoms. The first kappa shape index (κ1) is 17.0.